The minimum atomic E-state index is -0.479. The summed E-state index contributed by atoms with van der Waals surface area (Å²) in [6, 6.07) is 4.75. The van der Waals surface area contributed by atoms with Gasteiger partial charge in [-0.05, 0) is 12.1 Å². The van der Waals surface area contributed by atoms with E-state index >= 15 is 0 Å². The van der Waals surface area contributed by atoms with E-state index < -0.39 is 5.97 Å². The summed E-state index contributed by atoms with van der Waals surface area (Å²) in [4.78, 5) is 15.6. The van der Waals surface area contributed by atoms with Crippen LogP contribution in [0.15, 0.2) is 24.5 Å². The second kappa shape index (κ2) is 5.38. The fourth-order valence-corrected chi connectivity index (χ4v) is 1.53. The van der Waals surface area contributed by atoms with Crippen LogP contribution in [0.1, 0.15) is 16.2 Å². The van der Waals surface area contributed by atoms with Crippen LogP contribution in [-0.4, -0.2) is 27.8 Å². The maximum atomic E-state index is 11.6. The van der Waals surface area contributed by atoms with E-state index in [-0.39, 0.29) is 6.61 Å². The number of ether oxygens (including phenoxy) is 2. The first-order chi connectivity index (χ1) is 9.11. The molecule has 0 radical (unpaired) electrons. The quantitative estimate of drug-likeness (QED) is 0.646. The van der Waals surface area contributed by atoms with Crippen LogP contribution in [0, 0.1) is 0 Å². The molecule has 2 aromatic rings. The van der Waals surface area contributed by atoms with Gasteiger partial charge in [0.15, 0.2) is 5.82 Å². The molecule has 0 unspecified atom stereocenters. The van der Waals surface area contributed by atoms with E-state index in [9.17, 15) is 4.79 Å². The van der Waals surface area contributed by atoms with Crippen molar-refractivity contribution in [1.29, 1.82) is 0 Å². The lowest BCUT2D eigenvalue weighted by Crippen LogP contribution is -2.09. The van der Waals surface area contributed by atoms with Gasteiger partial charge in [-0.3, -0.25) is 4.68 Å². The van der Waals surface area contributed by atoms with E-state index in [0.717, 1.165) is 0 Å². The summed E-state index contributed by atoms with van der Waals surface area (Å²) >= 11 is 0. The van der Waals surface area contributed by atoms with Crippen LogP contribution in [-0.2, 0) is 18.4 Å². The number of esters is 1. The summed E-state index contributed by atoms with van der Waals surface area (Å²) in [5.41, 5.74) is 6.50. The zero-order valence-electron chi connectivity index (χ0n) is 10.7. The van der Waals surface area contributed by atoms with Crippen LogP contribution < -0.4 is 10.5 Å². The molecule has 7 nitrogen and oxygen atoms in total. The third-order valence-electron chi connectivity index (χ3n) is 2.57. The molecule has 100 valence electrons. The smallest absolute Gasteiger partial charge is 0.341 e. The number of carbonyl (C=O) groups excluding carboxylic acids is 1. The second-order valence-corrected chi connectivity index (χ2v) is 3.84. The highest BCUT2D eigenvalue weighted by Crippen LogP contribution is 2.23. The molecule has 2 rings (SSSR count). The fraction of sp³-hybridized carbons (Fsp3) is 0.250. The number of carbonyl (C=O) groups is 1. The third kappa shape index (κ3) is 2.82. The van der Waals surface area contributed by atoms with Gasteiger partial charge in [-0.2, -0.15) is 5.10 Å². The highest BCUT2D eigenvalue weighted by atomic mass is 16.5. The number of hydrogen-bond acceptors (Lipinski definition) is 6. The van der Waals surface area contributed by atoms with Gasteiger partial charge in [0.05, 0.1) is 7.11 Å². The summed E-state index contributed by atoms with van der Waals surface area (Å²) in [5, 5.41) is 3.93. The minimum absolute atomic E-state index is 0.184. The Balaban J connectivity index is 2.21. The Labute approximate surface area is 110 Å². The van der Waals surface area contributed by atoms with Gasteiger partial charge in [-0.25, -0.2) is 9.78 Å². The van der Waals surface area contributed by atoms with Crippen molar-refractivity contribution in [2.75, 3.05) is 12.8 Å². The molecule has 2 N–H and O–H groups in total. The van der Waals surface area contributed by atoms with Crippen molar-refractivity contribution in [2.24, 2.45) is 7.05 Å². The maximum Gasteiger partial charge on any atom is 0.341 e. The number of nitrogens with zero attached hydrogens (tertiary/aromatic N) is 3. The average Bonchev–Trinajstić information content (AvgIpc) is 2.81. The summed E-state index contributed by atoms with van der Waals surface area (Å²) in [5.74, 6) is 0.515. The monoisotopic (exact) mass is 262 g/mol. The van der Waals surface area contributed by atoms with Crippen molar-refractivity contribution < 1.29 is 14.3 Å². The minimum Gasteiger partial charge on any atom is -0.485 e. The van der Waals surface area contributed by atoms with E-state index in [4.69, 9.17) is 10.5 Å². The molecule has 0 atom stereocenters. The number of aryl methyl sites for hydroxylation is 1. The Morgan fingerprint density at radius 3 is 2.89 bits per heavy atom. The number of benzene rings is 1. The predicted molar refractivity (Wildman–Crippen MR) is 67.5 cm³/mol. The largest absolute Gasteiger partial charge is 0.485 e. The Morgan fingerprint density at radius 2 is 2.26 bits per heavy atom. The number of anilines is 1. The number of nitrogens with two attached hydrogens (primary N) is 1. The van der Waals surface area contributed by atoms with E-state index in [1.807, 2.05) is 0 Å². The second-order valence-electron chi connectivity index (χ2n) is 3.84. The van der Waals surface area contributed by atoms with Gasteiger partial charge in [0.2, 0.25) is 0 Å². The number of rotatable bonds is 4. The topological polar surface area (TPSA) is 92.3 Å². The molecule has 0 fully saturated rings. The molecule has 0 saturated carbocycles. The molecule has 0 amide bonds. The molecule has 1 aromatic heterocycles. The van der Waals surface area contributed by atoms with Crippen molar-refractivity contribution in [2.45, 2.75) is 6.61 Å². The Kier molecular flexibility index (Phi) is 3.65. The third-order valence-corrected chi connectivity index (χ3v) is 2.57. The highest BCUT2D eigenvalue weighted by molar-refractivity contribution is 5.93. The maximum absolute atomic E-state index is 11.6. The lowest BCUT2D eigenvalue weighted by Gasteiger charge is -2.10. The molecular weight excluding hydrogens is 248 g/mol. The fourth-order valence-electron chi connectivity index (χ4n) is 1.53. The number of methoxy groups -OCH3 is 1. The Bertz CT molecular complexity index is 594. The first kappa shape index (κ1) is 12.9. The molecule has 0 bridgehead atoms. The number of aromatic nitrogens is 3. The van der Waals surface area contributed by atoms with Gasteiger partial charge in [-0.1, -0.05) is 0 Å². The Hall–Kier alpha value is -2.57. The zero-order chi connectivity index (χ0) is 13.8. The molecule has 0 spiro atoms. The molecule has 0 saturated heterocycles. The lowest BCUT2D eigenvalue weighted by molar-refractivity contribution is 0.0595. The van der Waals surface area contributed by atoms with Crippen molar-refractivity contribution in [1.82, 2.24) is 14.8 Å². The van der Waals surface area contributed by atoms with Gasteiger partial charge in [0.25, 0.3) is 0 Å². The summed E-state index contributed by atoms with van der Waals surface area (Å²) in [6.07, 6.45) is 1.43. The molecular formula is C12H14N4O3. The Morgan fingerprint density at radius 1 is 1.47 bits per heavy atom. The lowest BCUT2D eigenvalue weighted by atomic mass is 10.2. The molecule has 0 aliphatic rings. The van der Waals surface area contributed by atoms with Crippen molar-refractivity contribution in [3.8, 4) is 5.75 Å². The van der Waals surface area contributed by atoms with Gasteiger partial charge < -0.3 is 15.2 Å². The van der Waals surface area contributed by atoms with E-state index in [1.54, 1.807) is 29.9 Å². The molecule has 19 heavy (non-hydrogen) atoms. The highest BCUT2D eigenvalue weighted by Gasteiger charge is 2.14. The number of hydrogen-bond donors (Lipinski definition) is 1. The van der Waals surface area contributed by atoms with E-state index in [0.29, 0.717) is 22.8 Å². The first-order valence-corrected chi connectivity index (χ1v) is 5.55. The van der Waals surface area contributed by atoms with Crippen LogP contribution in [0.25, 0.3) is 0 Å². The summed E-state index contributed by atoms with van der Waals surface area (Å²) < 4.78 is 11.8. The van der Waals surface area contributed by atoms with E-state index in [2.05, 4.69) is 14.8 Å². The zero-order valence-corrected chi connectivity index (χ0v) is 10.7. The molecule has 7 heteroatoms. The molecule has 0 aliphatic carbocycles. The standard InChI is InChI=1S/C12H14N4O3/c1-16-11(14-7-15-16)6-19-10-5-8(13)3-4-9(10)12(17)18-2/h3-5,7H,6,13H2,1-2H3. The average molecular weight is 262 g/mol. The van der Waals surface area contributed by atoms with Crippen LogP contribution in [0.4, 0.5) is 5.69 Å². The van der Waals surface area contributed by atoms with Crippen LogP contribution in [0.2, 0.25) is 0 Å². The van der Waals surface area contributed by atoms with Crippen LogP contribution in [0.3, 0.4) is 0 Å². The van der Waals surface area contributed by atoms with Gasteiger partial charge >= 0.3 is 5.97 Å². The summed E-state index contributed by atoms with van der Waals surface area (Å²) in [7, 11) is 3.07. The van der Waals surface area contributed by atoms with Gasteiger partial charge in [0, 0.05) is 18.8 Å². The van der Waals surface area contributed by atoms with Crippen LogP contribution in [0.5, 0.6) is 5.75 Å². The van der Waals surface area contributed by atoms with Crippen molar-refractivity contribution in [3.63, 3.8) is 0 Å². The SMILES string of the molecule is COC(=O)c1ccc(N)cc1OCc1ncnn1C. The molecule has 1 heterocycles. The first-order valence-electron chi connectivity index (χ1n) is 5.55. The van der Waals surface area contributed by atoms with Crippen molar-refractivity contribution >= 4 is 11.7 Å². The predicted octanol–water partition coefficient (Wildman–Crippen LogP) is 0.763. The normalized spacial score (nSPS) is 10.2. The van der Waals surface area contributed by atoms with Gasteiger partial charge in [-0.15, -0.1) is 0 Å². The van der Waals surface area contributed by atoms with Gasteiger partial charge in [0.1, 0.15) is 24.2 Å². The molecule has 0 aliphatic heterocycles. The number of nitrogen functional groups attached to an aromatic ring is 1. The van der Waals surface area contributed by atoms with Crippen molar-refractivity contribution in [3.05, 3.63) is 35.9 Å². The summed E-state index contributed by atoms with van der Waals surface area (Å²) in [6.45, 7) is 0.184. The molecule has 1 aromatic carbocycles. The van der Waals surface area contributed by atoms with Crippen LogP contribution >= 0.6 is 0 Å². The van der Waals surface area contributed by atoms with E-state index in [1.165, 1.54) is 13.4 Å².